The van der Waals surface area contributed by atoms with Crippen molar-refractivity contribution in [3.63, 3.8) is 0 Å². The van der Waals surface area contributed by atoms with Crippen molar-refractivity contribution in [3.8, 4) is 22.6 Å². The molecule has 0 amide bonds. The maximum Gasteiger partial charge on any atom is 0.129 e. The largest absolute Gasteiger partial charge is 0.457 e. The number of nitrogens with one attached hydrogen (secondary N) is 1. The number of piperazine rings is 1. The van der Waals surface area contributed by atoms with Gasteiger partial charge in [0, 0.05) is 66.6 Å². The van der Waals surface area contributed by atoms with E-state index in [4.69, 9.17) is 16.3 Å². The summed E-state index contributed by atoms with van der Waals surface area (Å²) in [5.74, 6) is 1.71. The third-order valence-electron chi connectivity index (χ3n) is 7.84. The molecule has 4 aromatic carbocycles. The minimum absolute atomic E-state index is 0.0956. The van der Waals surface area contributed by atoms with Gasteiger partial charge in [0.1, 0.15) is 11.5 Å². The lowest BCUT2D eigenvalue weighted by Gasteiger charge is -2.36. The second-order valence-electron chi connectivity index (χ2n) is 11.7. The Morgan fingerprint density at radius 1 is 0.800 bits per heavy atom. The molecular formula is C35H36ClN3O. The first-order valence-corrected chi connectivity index (χ1v) is 14.4. The number of aromatic amines is 1. The Balaban J connectivity index is 1.14. The Kier molecular flexibility index (Phi) is 7.31. The minimum atomic E-state index is 0.0956. The van der Waals surface area contributed by atoms with Gasteiger partial charge in [0.2, 0.25) is 0 Å². The monoisotopic (exact) mass is 549 g/mol. The smallest absolute Gasteiger partial charge is 0.129 e. The number of ether oxygens (including phenoxy) is 1. The van der Waals surface area contributed by atoms with Crippen LogP contribution in [0.25, 0.3) is 22.0 Å². The number of rotatable bonds is 6. The highest BCUT2D eigenvalue weighted by atomic mass is 35.5. The first-order valence-electron chi connectivity index (χ1n) is 14.0. The number of halogens is 1. The average Bonchev–Trinajstić information content (AvgIpc) is 3.42. The molecule has 0 radical (unpaired) electrons. The van der Waals surface area contributed by atoms with Crippen molar-refractivity contribution in [2.75, 3.05) is 31.1 Å². The molecule has 40 heavy (non-hydrogen) atoms. The summed E-state index contributed by atoms with van der Waals surface area (Å²) < 4.78 is 6.22. The van der Waals surface area contributed by atoms with Crippen LogP contribution in [0.2, 0.25) is 5.02 Å². The molecule has 1 saturated heterocycles. The van der Waals surface area contributed by atoms with E-state index in [-0.39, 0.29) is 5.41 Å². The van der Waals surface area contributed by atoms with E-state index in [1.165, 1.54) is 27.9 Å². The summed E-state index contributed by atoms with van der Waals surface area (Å²) in [6, 6.07) is 31.9. The predicted octanol–water partition coefficient (Wildman–Crippen LogP) is 8.90. The molecule has 0 bridgehead atoms. The summed E-state index contributed by atoms with van der Waals surface area (Å²) in [5.41, 5.74) is 7.64. The van der Waals surface area contributed by atoms with Gasteiger partial charge in [-0.1, -0.05) is 68.8 Å². The van der Waals surface area contributed by atoms with Crippen LogP contribution >= 0.6 is 11.6 Å². The van der Waals surface area contributed by atoms with E-state index >= 15 is 0 Å². The summed E-state index contributed by atoms with van der Waals surface area (Å²) in [7, 11) is 0. The van der Waals surface area contributed by atoms with Crippen molar-refractivity contribution in [2.24, 2.45) is 0 Å². The van der Waals surface area contributed by atoms with Crippen molar-refractivity contribution >= 4 is 28.2 Å². The molecule has 2 heterocycles. The number of hydrogen-bond acceptors (Lipinski definition) is 3. The van der Waals surface area contributed by atoms with Gasteiger partial charge in [0.25, 0.3) is 0 Å². The van der Waals surface area contributed by atoms with Gasteiger partial charge >= 0.3 is 0 Å². The number of H-pyrrole nitrogens is 1. The molecule has 0 aliphatic carbocycles. The van der Waals surface area contributed by atoms with Crippen molar-refractivity contribution in [2.45, 2.75) is 32.7 Å². The highest BCUT2D eigenvalue weighted by Crippen LogP contribution is 2.33. The predicted molar refractivity (Wildman–Crippen MR) is 168 cm³/mol. The molecule has 5 heteroatoms. The number of anilines is 1. The van der Waals surface area contributed by atoms with Gasteiger partial charge < -0.3 is 14.6 Å². The Labute approximate surface area is 242 Å². The summed E-state index contributed by atoms with van der Waals surface area (Å²) in [6.07, 6.45) is 1.95. The fourth-order valence-corrected chi connectivity index (χ4v) is 5.58. The van der Waals surface area contributed by atoms with E-state index in [0.717, 1.165) is 60.1 Å². The van der Waals surface area contributed by atoms with Crippen LogP contribution in [0.4, 0.5) is 5.69 Å². The summed E-state index contributed by atoms with van der Waals surface area (Å²) in [6.45, 7) is 11.7. The van der Waals surface area contributed by atoms with Gasteiger partial charge in [-0.15, -0.1) is 0 Å². The van der Waals surface area contributed by atoms with Crippen LogP contribution in [0.3, 0.4) is 0 Å². The van der Waals surface area contributed by atoms with E-state index in [1.807, 2.05) is 30.5 Å². The van der Waals surface area contributed by atoms with Crippen LogP contribution in [0.5, 0.6) is 11.5 Å². The summed E-state index contributed by atoms with van der Waals surface area (Å²) in [5, 5.41) is 1.92. The molecule has 0 saturated carbocycles. The molecule has 1 aliphatic heterocycles. The summed E-state index contributed by atoms with van der Waals surface area (Å²) >= 11 is 6.21. The quantitative estimate of drug-likeness (QED) is 0.229. The third-order valence-corrected chi connectivity index (χ3v) is 8.09. The van der Waals surface area contributed by atoms with Crippen molar-refractivity contribution < 1.29 is 4.74 Å². The van der Waals surface area contributed by atoms with Crippen LogP contribution in [0.1, 0.15) is 31.9 Å². The van der Waals surface area contributed by atoms with Crippen LogP contribution in [0, 0.1) is 0 Å². The van der Waals surface area contributed by atoms with Gasteiger partial charge in [-0.3, -0.25) is 4.90 Å². The maximum absolute atomic E-state index is 6.22. The molecule has 0 spiro atoms. The molecule has 1 fully saturated rings. The molecular weight excluding hydrogens is 514 g/mol. The lowest BCUT2D eigenvalue weighted by atomic mass is 9.84. The fraction of sp³-hybridized carbons (Fsp3) is 0.257. The number of hydrogen-bond donors (Lipinski definition) is 1. The van der Waals surface area contributed by atoms with Crippen LogP contribution in [-0.2, 0) is 12.0 Å². The van der Waals surface area contributed by atoms with Gasteiger partial charge in [-0.25, -0.2) is 0 Å². The normalized spacial score (nSPS) is 14.6. The van der Waals surface area contributed by atoms with E-state index < -0.39 is 0 Å². The first-order chi connectivity index (χ1) is 19.3. The van der Waals surface area contributed by atoms with Crippen LogP contribution in [0.15, 0.2) is 97.2 Å². The van der Waals surface area contributed by atoms with Gasteiger partial charge in [0.15, 0.2) is 0 Å². The lowest BCUT2D eigenvalue weighted by molar-refractivity contribution is 0.250. The second-order valence-corrected chi connectivity index (χ2v) is 12.2. The fourth-order valence-electron chi connectivity index (χ4n) is 5.46. The SMILES string of the molecule is CC(C)(C)c1ccc(CN2CCN(c3cccc(Oc4ccc5[nH]ccc5c4)c3)CC2)c(-c2ccc(Cl)cc2)c1. The van der Waals surface area contributed by atoms with Gasteiger partial charge in [-0.2, -0.15) is 0 Å². The molecule has 1 aliphatic rings. The number of aromatic nitrogens is 1. The Morgan fingerprint density at radius 2 is 1.57 bits per heavy atom. The number of nitrogens with zero attached hydrogens (tertiary/aromatic N) is 2. The number of benzene rings is 4. The van der Waals surface area contributed by atoms with Crippen LogP contribution in [-0.4, -0.2) is 36.1 Å². The third kappa shape index (κ3) is 5.89. The van der Waals surface area contributed by atoms with Crippen molar-refractivity contribution in [1.82, 2.24) is 9.88 Å². The van der Waals surface area contributed by atoms with E-state index in [0.29, 0.717) is 0 Å². The van der Waals surface area contributed by atoms with E-state index in [2.05, 4.69) is 102 Å². The highest BCUT2D eigenvalue weighted by Gasteiger charge is 2.21. The molecule has 204 valence electrons. The average molecular weight is 550 g/mol. The zero-order valence-corrected chi connectivity index (χ0v) is 24.2. The maximum atomic E-state index is 6.22. The summed E-state index contributed by atoms with van der Waals surface area (Å²) in [4.78, 5) is 8.26. The molecule has 4 nitrogen and oxygen atoms in total. The second kappa shape index (κ2) is 11.0. The molecule has 1 aromatic heterocycles. The van der Waals surface area contributed by atoms with E-state index in [1.54, 1.807) is 0 Å². The Bertz CT molecular complexity index is 1610. The zero-order valence-electron chi connectivity index (χ0n) is 23.5. The molecule has 6 rings (SSSR count). The molecule has 1 N–H and O–H groups in total. The molecule has 5 aromatic rings. The van der Waals surface area contributed by atoms with Crippen molar-refractivity contribution in [3.05, 3.63) is 113 Å². The first kappa shape index (κ1) is 26.5. The van der Waals surface area contributed by atoms with Crippen molar-refractivity contribution in [1.29, 1.82) is 0 Å². The van der Waals surface area contributed by atoms with Gasteiger partial charge in [0.05, 0.1) is 0 Å². The Morgan fingerprint density at radius 3 is 2.35 bits per heavy atom. The Hall–Kier alpha value is -3.73. The topological polar surface area (TPSA) is 31.5 Å². The molecule has 0 unspecified atom stereocenters. The zero-order chi connectivity index (χ0) is 27.7. The lowest BCUT2D eigenvalue weighted by Crippen LogP contribution is -2.46. The van der Waals surface area contributed by atoms with E-state index in [9.17, 15) is 0 Å². The standard InChI is InChI=1S/C35H36ClN3O/c1-35(2,3)28-10-7-27(33(22-28)25-8-11-29(36)12-9-25)24-38-17-19-39(20-18-38)30-5-4-6-31(23-30)40-32-13-14-34-26(21-32)15-16-37-34/h4-16,21-23,37H,17-20,24H2,1-3H3. The van der Waals surface area contributed by atoms with Crippen LogP contribution < -0.4 is 9.64 Å². The number of fused-ring (bicyclic) bond motifs is 1. The highest BCUT2D eigenvalue weighted by molar-refractivity contribution is 6.30. The molecule has 0 atom stereocenters. The minimum Gasteiger partial charge on any atom is -0.457 e. The van der Waals surface area contributed by atoms with Gasteiger partial charge in [-0.05, 0) is 76.2 Å².